The Bertz CT molecular complexity index is 373. The van der Waals surface area contributed by atoms with Gasteiger partial charge in [0.1, 0.15) is 12.0 Å². The second-order valence-electron chi connectivity index (χ2n) is 4.38. The molecule has 0 spiro atoms. The van der Waals surface area contributed by atoms with Gasteiger partial charge in [0.25, 0.3) is 0 Å². The molecular formula is C12H22N4O2. The van der Waals surface area contributed by atoms with E-state index in [-0.39, 0.29) is 18.6 Å². The van der Waals surface area contributed by atoms with E-state index in [1.807, 2.05) is 20.8 Å². The molecule has 2 unspecified atom stereocenters. The van der Waals surface area contributed by atoms with Crippen molar-refractivity contribution >= 4 is 11.5 Å². The smallest absolute Gasteiger partial charge is 0.242 e. The fourth-order valence-corrected chi connectivity index (χ4v) is 1.32. The van der Waals surface area contributed by atoms with E-state index in [1.165, 1.54) is 6.33 Å². The fourth-order valence-electron chi connectivity index (χ4n) is 1.32. The van der Waals surface area contributed by atoms with Crippen LogP contribution in [0.3, 0.4) is 0 Å². The van der Waals surface area contributed by atoms with Crippen LogP contribution in [0.15, 0.2) is 6.33 Å². The molecule has 0 radical (unpaired) electrons. The Kier molecular flexibility index (Phi) is 5.64. The molecule has 2 atom stereocenters. The second-order valence-corrected chi connectivity index (χ2v) is 4.38. The zero-order valence-electron chi connectivity index (χ0n) is 11.2. The maximum absolute atomic E-state index is 9.09. The summed E-state index contributed by atoms with van der Waals surface area (Å²) in [5.74, 6) is 1.06. The van der Waals surface area contributed by atoms with Gasteiger partial charge in [-0.25, -0.2) is 4.98 Å². The quantitative estimate of drug-likeness (QED) is 0.678. The molecular weight excluding hydrogens is 232 g/mol. The van der Waals surface area contributed by atoms with Crippen molar-refractivity contribution in [3.63, 3.8) is 0 Å². The summed E-state index contributed by atoms with van der Waals surface area (Å²) in [7, 11) is 0. The van der Waals surface area contributed by atoms with Gasteiger partial charge in [0.05, 0.1) is 6.61 Å². The van der Waals surface area contributed by atoms with Crippen molar-refractivity contribution in [2.24, 2.45) is 5.92 Å². The van der Waals surface area contributed by atoms with Crippen molar-refractivity contribution < 1.29 is 9.84 Å². The molecule has 0 amide bonds. The average molecular weight is 254 g/mol. The number of nitrogens with zero attached hydrogens (tertiary/aromatic N) is 2. The van der Waals surface area contributed by atoms with E-state index < -0.39 is 0 Å². The number of nitrogens with one attached hydrogen (secondary N) is 1. The standard InChI is InChI=1S/C12H22N4O2/c1-4-5-18-12-10(13)11(14-7-15-12)16-9(3)8(2)6-17/h7-9,17H,4-6,13H2,1-3H3,(H,14,15,16). The summed E-state index contributed by atoms with van der Waals surface area (Å²) < 4.78 is 5.43. The highest BCUT2D eigenvalue weighted by atomic mass is 16.5. The third-order valence-corrected chi connectivity index (χ3v) is 2.80. The summed E-state index contributed by atoms with van der Waals surface area (Å²) in [6.45, 7) is 6.61. The molecule has 4 N–H and O–H groups in total. The fraction of sp³-hybridized carbons (Fsp3) is 0.667. The zero-order chi connectivity index (χ0) is 13.5. The number of hydrogen-bond acceptors (Lipinski definition) is 6. The molecule has 6 heteroatoms. The van der Waals surface area contributed by atoms with Crippen LogP contribution in [0.5, 0.6) is 5.88 Å². The van der Waals surface area contributed by atoms with Gasteiger partial charge in [0.15, 0.2) is 5.82 Å². The van der Waals surface area contributed by atoms with Gasteiger partial charge in [-0.05, 0) is 19.3 Å². The molecule has 0 aliphatic heterocycles. The van der Waals surface area contributed by atoms with Gasteiger partial charge < -0.3 is 20.9 Å². The molecule has 18 heavy (non-hydrogen) atoms. The van der Waals surface area contributed by atoms with Crippen LogP contribution in [0.25, 0.3) is 0 Å². The third-order valence-electron chi connectivity index (χ3n) is 2.80. The summed E-state index contributed by atoms with van der Waals surface area (Å²) in [6, 6.07) is 0.0613. The minimum atomic E-state index is 0.0613. The molecule has 102 valence electrons. The first-order valence-corrected chi connectivity index (χ1v) is 6.20. The molecule has 0 aliphatic rings. The van der Waals surface area contributed by atoms with E-state index in [0.29, 0.717) is 24.0 Å². The molecule has 6 nitrogen and oxygen atoms in total. The van der Waals surface area contributed by atoms with Crippen LogP contribution in [-0.4, -0.2) is 34.3 Å². The second kappa shape index (κ2) is 7.00. The van der Waals surface area contributed by atoms with Gasteiger partial charge in [-0.3, -0.25) is 0 Å². The number of hydrogen-bond donors (Lipinski definition) is 3. The highest BCUT2D eigenvalue weighted by Gasteiger charge is 2.15. The number of aliphatic hydroxyl groups excluding tert-OH is 1. The van der Waals surface area contributed by atoms with Crippen LogP contribution in [-0.2, 0) is 0 Å². The lowest BCUT2D eigenvalue weighted by molar-refractivity contribution is 0.226. The Balaban J connectivity index is 2.77. The lowest BCUT2D eigenvalue weighted by atomic mass is 10.1. The number of nitrogens with two attached hydrogens (primary N) is 1. The Labute approximate surface area is 108 Å². The van der Waals surface area contributed by atoms with Crippen molar-refractivity contribution in [3.05, 3.63) is 6.33 Å². The van der Waals surface area contributed by atoms with E-state index in [4.69, 9.17) is 15.6 Å². The van der Waals surface area contributed by atoms with Crippen molar-refractivity contribution in [2.45, 2.75) is 33.2 Å². The summed E-state index contributed by atoms with van der Waals surface area (Å²) >= 11 is 0. The number of anilines is 2. The Morgan fingerprint density at radius 1 is 1.44 bits per heavy atom. The van der Waals surface area contributed by atoms with Crippen LogP contribution in [0.2, 0.25) is 0 Å². The van der Waals surface area contributed by atoms with Gasteiger partial charge in [0, 0.05) is 12.6 Å². The number of aromatic nitrogens is 2. The third kappa shape index (κ3) is 3.73. The van der Waals surface area contributed by atoms with Crippen LogP contribution in [0.1, 0.15) is 27.2 Å². The largest absolute Gasteiger partial charge is 0.476 e. The number of rotatable bonds is 7. The van der Waals surface area contributed by atoms with Gasteiger partial charge in [-0.2, -0.15) is 4.98 Å². The highest BCUT2D eigenvalue weighted by Crippen LogP contribution is 2.25. The zero-order valence-corrected chi connectivity index (χ0v) is 11.2. The van der Waals surface area contributed by atoms with Crippen molar-refractivity contribution in [1.82, 2.24) is 9.97 Å². The number of nitrogen functional groups attached to an aromatic ring is 1. The van der Waals surface area contributed by atoms with Gasteiger partial charge in [-0.1, -0.05) is 13.8 Å². The first-order chi connectivity index (χ1) is 8.60. The van der Waals surface area contributed by atoms with E-state index >= 15 is 0 Å². The molecule has 1 aromatic heterocycles. The lowest BCUT2D eigenvalue weighted by Crippen LogP contribution is -2.27. The minimum absolute atomic E-state index is 0.0613. The Morgan fingerprint density at radius 3 is 2.78 bits per heavy atom. The van der Waals surface area contributed by atoms with Crippen LogP contribution in [0, 0.1) is 5.92 Å². The topological polar surface area (TPSA) is 93.3 Å². The molecule has 1 heterocycles. The summed E-state index contributed by atoms with van der Waals surface area (Å²) in [5.41, 5.74) is 6.34. The molecule has 0 fully saturated rings. The molecule has 0 saturated carbocycles. The predicted octanol–water partition coefficient (Wildman–Crippen LogP) is 1.28. The molecule has 0 saturated heterocycles. The average Bonchev–Trinajstić information content (AvgIpc) is 2.38. The van der Waals surface area contributed by atoms with Gasteiger partial charge >= 0.3 is 0 Å². The van der Waals surface area contributed by atoms with Gasteiger partial charge in [-0.15, -0.1) is 0 Å². The minimum Gasteiger partial charge on any atom is -0.476 e. The molecule has 1 rings (SSSR count). The maximum Gasteiger partial charge on any atom is 0.242 e. The van der Waals surface area contributed by atoms with Crippen molar-refractivity contribution in [2.75, 3.05) is 24.3 Å². The summed E-state index contributed by atoms with van der Waals surface area (Å²) in [6.07, 6.45) is 2.31. The van der Waals surface area contributed by atoms with E-state index in [1.54, 1.807) is 0 Å². The van der Waals surface area contributed by atoms with Crippen LogP contribution < -0.4 is 15.8 Å². The monoisotopic (exact) mass is 254 g/mol. The van der Waals surface area contributed by atoms with E-state index in [2.05, 4.69) is 15.3 Å². The first kappa shape index (κ1) is 14.5. The Morgan fingerprint density at radius 2 is 2.17 bits per heavy atom. The maximum atomic E-state index is 9.09. The molecule has 1 aromatic rings. The van der Waals surface area contributed by atoms with Crippen molar-refractivity contribution in [1.29, 1.82) is 0 Å². The number of aliphatic hydroxyl groups is 1. The van der Waals surface area contributed by atoms with Crippen LogP contribution >= 0.6 is 0 Å². The molecule has 0 bridgehead atoms. The normalized spacial score (nSPS) is 14.0. The van der Waals surface area contributed by atoms with E-state index in [0.717, 1.165) is 6.42 Å². The summed E-state index contributed by atoms with van der Waals surface area (Å²) in [4.78, 5) is 8.10. The van der Waals surface area contributed by atoms with E-state index in [9.17, 15) is 0 Å². The lowest BCUT2D eigenvalue weighted by Gasteiger charge is -2.21. The van der Waals surface area contributed by atoms with Crippen LogP contribution in [0.4, 0.5) is 11.5 Å². The highest BCUT2D eigenvalue weighted by molar-refractivity contribution is 5.66. The SMILES string of the molecule is CCCOc1ncnc(NC(C)C(C)CO)c1N. The first-order valence-electron chi connectivity index (χ1n) is 6.20. The molecule has 0 aromatic carbocycles. The van der Waals surface area contributed by atoms with Gasteiger partial charge in [0.2, 0.25) is 5.88 Å². The van der Waals surface area contributed by atoms with Crippen molar-refractivity contribution in [3.8, 4) is 5.88 Å². The predicted molar refractivity (Wildman–Crippen MR) is 71.6 cm³/mol. The number of ether oxygens (including phenoxy) is 1. The summed E-state index contributed by atoms with van der Waals surface area (Å²) in [5, 5.41) is 12.3. The Hall–Kier alpha value is -1.56. The molecule has 0 aliphatic carbocycles.